The second-order valence-electron chi connectivity index (χ2n) is 9.09. The van der Waals surface area contributed by atoms with E-state index in [1.807, 2.05) is 38.8 Å². The Kier molecular flexibility index (Phi) is 6.13. The smallest absolute Gasteiger partial charge is 0.365 e. The third kappa shape index (κ3) is 4.51. The highest BCUT2D eigenvalue weighted by Gasteiger charge is 2.35. The summed E-state index contributed by atoms with van der Waals surface area (Å²) in [5, 5.41) is 6.33. The van der Waals surface area contributed by atoms with Gasteiger partial charge in [0.2, 0.25) is 5.91 Å². The summed E-state index contributed by atoms with van der Waals surface area (Å²) in [5.41, 5.74) is 1.33. The van der Waals surface area contributed by atoms with Crippen LogP contribution < -0.4 is 15.5 Å². The van der Waals surface area contributed by atoms with Crippen LogP contribution in [-0.4, -0.2) is 58.9 Å². The molecule has 2 aliphatic rings. The zero-order valence-electron chi connectivity index (χ0n) is 19.4. The maximum Gasteiger partial charge on any atom is 0.433 e. The first-order valence-corrected chi connectivity index (χ1v) is 11.1. The Labute approximate surface area is 195 Å². The summed E-state index contributed by atoms with van der Waals surface area (Å²) < 4.78 is 38.2. The molecule has 182 valence electrons. The zero-order valence-corrected chi connectivity index (χ0v) is 19.4. The molecule has 1 unspecified atom stereocenters. The molecule has 1 fully saturated rings. The number of halogens is 3. The molecule has 0 aliphatic carbocycles. The molecule has 2 amide bonds. The number of hydrogen-bond acceptors (Lipinski definition) is 6. The Hall–Kier alpha value is -3.37. The summed E-state index contributed by atoms with van der Waals surface area (Å²) >= 11 is 0. The molecule has 0 saturated carbocycles. The van der Waals surface area contributed by atoms with Crippen molar-refractivity contribution in [3.05, 3.63) is 41.3 Å². The number of likely N-dealkylation sites (N-methyl/N-ethyl adjacent to an activating group) is 1. The van der Waals surface area contributed by atoms with E-state index in [2.05, 4.69) is 20.6 Å². The van der Waals surface area contributed by atoms with Crippen LogP contribution in [0, 0.1) is 12.8 Å². The van der Waals surface area contributed by atoms with Gasteiger partial charge in [0.25, 0.3) is 5.91 Å². The van der Waals surface area contributed by atoms with E-state index in [1.54, 1.807) is 4.90 Å². The molecule has 2 atom stereocenters. The third-order valence-electron chi connectivity index (χ3n) is 6.25. The predicted molar refractivity (Wildman–Crippen MR) is 122 cm³/mol. The van der Waals surface area contributed by atoms with E-state index in [4.69, 9.17) is 0 Å². The fourth-order valence-electron chi connectivity index (χ4n) is 4.58. The minimum absolute atomic E-state index is 0.0571. The van der Waals surface area contributed by atoms with E-state index in [1.165, 1.54) is 0 Å². The van der Waals surface area contributed by atoms with Crippen molar-refractivity contribution in [1.29, 1.82) is 0 Å². The van der Waals surface area contributed by atoms with Crippen molar-refractivity contribution in [2.24, 2.45) is 5.92 Å². The molecule has 8 nitrogen and oxygen atoms in total. The number of nitrogens with zero attached hydrogens (tertiary/aromatic N) is 4. The van der Waals surface area contributed by atoms with Gasteiger partial charge in [-0.25, -0.2) is 4.98 Å². The highest BCUT2D eigenvalue weighted by atomic mass is 19.4. The number of amides is 2. The van der Waals surface area contributed by atoms with Gasteiger partial charge >= 0.3 is 6.18 Å². The Morgan fingerprint density at radius 1 is 1.29 bits per heavy atom. The minimum Gasteiger partial charge on any atom is -0.365 e. The number of hydrogen-bond donors (Lipinski definition) is 2. The van der Waals surface area contributed by atoms with Crippen molar-refractivity contribution < 1.29 is 22.8 Å². The monoisotopic (exact) mass is 476 g/mol. The minimum atomic E-state index is -4.55. The van der Waals surface area contributed by atoms with Crippen molar-refractivity contribution in [2.45, 2.75) is 45.5 Å². The number of rotatable bonds is 4. The SMILES string of the molecule is Cc1nc(N[C@@H]2CCN(C(=O)c3ccc(C(F)(F)F)nc3)C2)cc2c1NC(=O)C(C(C)C)N2C. The number of aryl methyl sites for hydroxylation is 1. The van der Waals surface area contributed by atoms with Crippen LogP contribution in [0.2, 0.25) is 0 Å². The zero-order chi connectivity index (χ0) is 24.8. The maximum atomic E-state index is 12.7. The normalized spacial score (nSPS) is 20.4. The molecule has 1 saturated heterocycles. The van der Waals surface area contributed by atoms with Crippen LogP contribution in [0.3, 0.4) is 0 Å². The van der Waals surface area contributed by atoms with Crippen LogP contribution >= 0.6 is 0 Å². The average molecular weight is 477 g/mol. The number of carbonyl (C=O) groups is 2. The topological polar surface area (TPSA) is 90.5 Å². The van der Waals surface area contributed by atoms with Crippen LogP contribution in [0.1, 0.15) is 42.0 Å². The molecule has 4 heterocycles. The van der Waals surface area contributed by atoms with Gasteiger partial charge in [-0.15, -0.1) is 0 Å². The summed E-state index contributed by atoms with van der Waals surface area (Å²) in [6.07, 6.45) is -2.91. The Balaban J connectivity index is 1.45. The van der Waals surface area contributed by atoms with Crippen molar-refractivity contribution in [1.82, 2.24) is 14.9 Å². The number of pyridine rings is 2. The van der Waals surface area contributed by atoms with Gasteiger partial charge in [0.1, 0.15) is 17.6 Å². The van der Waals surface area contributed by atoms with E-state index in [0.717, 1.165) is 24.0 Å². The molecular formula is C23H27F3N6O2. The molecule has 34 heavy (non-hydrogen) atoms. The van der Waals surface area contributed by atoms with Crippen LogP contribution in [-0.2, 0) is 11.0 Å². The summed E-state index contributed by atoms with van der Waals surface area (Å²) in [5.74, 6) is 0.343. The van der Waals surface area contributed by atoms with Crippen molar-refractivity contribution >= 4 is 29.0 Å². The number of nitrogens with one attached hydrogen (secondary N) is 2. The maximum absolute atomic E-state index is 12.7. The lowest BCUT2D eigenvalue weighted by atomic mass is 9.98. The van der Waals surface area contributed by atoms with Crippen LogP contribution in [0.4, 0.5) is 30.4 Å². The molecule has 2 aromatic rings. The Bertz CT molecular complexity index is 1100. The fourth-order valence-corrected chi connectivity index (χ4v) is 4.58. The van der Waals surface area contributed by atoms with E-state index >= 15 is 0 Å². The second kappa shape index (κ2) is 8.77. The van der Waals surface area contributed by atoms with E-state index in [-0.39, 0.29) is 35.4 Å². The molecule has 4 rings (SSSR count). The number of carbonyl (C=O) groups excluding carboxylic acids is 2. The van der Waals surface area contributed by atoms with E-state index < -0.39 is 11.9 Å². The van der Waals surface area contributed by atoms with Gasteiger partial charge in [0, 0.05) is 38.4 Å². The highest BCUT2D eigenvalue weighted by molar-refractivity contribution is 6.04. The van der Waals surface area contributed by atoms with Gasteiger partial charge in [-0.05, 0) is 31.4 Å². The highest BCUT2D eigenvalue weighted by Crippen LogP contribution is 2.37. The van der Waals surface area contributed by atoms with Gasteiger partial charge in [-0.2, -0.15) is 13.2 Å². The molecule has 2 aliphatic heterocycles. The first-order chi connectivity index (χ1) is 16.0. The van der Waals surface area contributed by atoms with Crippen LogP contribution in [0.25, 0.3) is 0 Å². The molecule has 0 spiro atoms. The summed E-state index contributed by atoms with van der Waals surface area (Å²) in [4.78, 5) is 36.8. The lowest BCUT2D eigenvalue weighted by Gasteiger charge is -2.38. The van der Waals surface area contributed by atoms with Gasteiger partial charge in [0.15, 0.2) is 0 Å². The van der Waals surface area contributed by atoms with Gasteiger partial charge in [-0.3, -0.25) is 14.6 Å². The third-order valence-corrected chi connectivity index (χ3v) is 6.25. The lowest BCUT2D eigenvalue weighted by molar-refractivity contribution is -0.141. The number of anilines is 3. The Morgan fingerprint density at radius 2 is 2.03 bits per heavy atom. The number of alkyl halides is 3. The number of aromatic nitrogens is 2. The van der Waals surface area contributed by atoms with Crippen molar-refractivity contribution in [3.63, 3.8) is 0 Å². The molecule has 2 aromatic heterocycles. The Morgan fingerprint density at radius 3 is 2.65 bits per heavy atom. The quantitative estimate of drug-likeness (QED) is 0.702. The summed E-state index contributed by atoms with van der Waals surface area (Å²) in [6, 6.07) is 3.50. The van der Waals surface area contributed by atoms with Crippen molar-refractivity contribution in [2.75, 3.05) is 35.7 Å². The number of likely N-dealkylation sites (tertiary alicyclic amines) is 1. The van der Waals surface area contributed by atoms with Crippen LogP contribution in [0.5, 0.6) is 0 Å². The molecule has 0 bridgehead atoms. The lowest BCUT2D eigenvalue weighted by Crippen LogP contribution is -2.49. The largest absolute Gasteiger partial charge is 0.433 e. The van der Waals surface area contributed by atoms with Gasteiger partial charge in [-0.1, -0.05) is 13.8 Å². The van der Waals surface area contributed by atoms with E-state index in [0.29, 0.717) is 36.7 Å². The molecule has 0 radical (unpaired) electrons. The molecular weight excluding hydrogens is 449 g/mol. The second-order valence-corrected chi connectivity index (χ2v) is 9.09. The molecule has 0 aromatic carbocycles. The predicted octanol–water partition coefficient (Wildman–Crippen LogP) is 3.54. The first kappa shape index (κ1) is 23.8. The van der Waals surface area contributed by atoms with Gasteiger partial charge in [0.05, 0.1) is 22.6 Å². The summed E-state index contributed by atoms with van der Waals surface area (Å²) in [7, 11) is 1.89. The fraction of sp³-hybridized carbons (Fsp3) is 0.478. The molecule has 2 N–H and O–H groups in total. The molecule has 11 heteroatoms. The van der Waals surface area contributed by atoms with Crippen LogP contribution in [0.15, 0.2) is 24.4 Å². The average Bonchev–Trinajstić information content (AvgIpc) is 3.22. The van der Waals surface area contributed by atoms with Gasteiger partial charge < -0.3 is 20.4 Å². The first-order valence-electron chi connectivity index (χ1n) is 11.1. The number of fused-ring (bicyclic) bond motifs is 1. The van der Waals surface area contributed by atoms with Crippen molar-refractivity contribution in [3.8, 4) is 0 Å². The standard InChI is InChI=1S/C23H27F3N6O2/c1-12(2)20-21(33)30-19-13(3)28-18(9-16(19)31(20)4)29-15-7-8-32(11-15)22(34)14-5-6-17(27-10-14)23(24,25)26/h5-6,9-10,12,15,20H,7-8,11H2,1-4H3,(H,28,29)(H,30,33)/t15-,20?/m1/s1. The van der Waals surface area contributed by atoms with E-state index in [9.17, 15) is 22.8 Å². The summed E-state index contributed by atoms with van der Waals surface area (Å²) in [6.45, 7) is 6.67.